The van der Waals surface area contributed by atoms with Gasteiger partial charge in [-0.2, -0.15) is 0 Å². The Labute approximate surface area is 128 Å². The number of halogens is 1. The van der Waals surface area contributed by atoms with E-state index in [-0.39, 0.29) is 22.4 Å². The fourth-order valence-electron chi connectivity index (χ4n) is 1.70. The molecule has 0 saturated carbocycles. The summed E-state index contributed by atoms with van der Waals surface area (Å²) in [7, 11) is 0. The number of carbonyl (C=O) groups excluding carboxylic acids is 1. The molecule has 0 radical (unpaired) electrons. The predicted molar refractivity (Wildman–Crippen MR) is 78.8 cm³/mol. The molecule has 0 aromatic carbocycles. The zero-order valence-corrected chi connectivity index (χ0v) is 13.0. The zero-order chi connectivity index (χ0) is 16.0. The number of hydrogen-bond acceptors (Lipinski definition) is 4. The number of nitrogens with one attached hydrogen (secondary N) is 1. The van der Waals surface area contributed by atoms with Crippen LogP contribution in [0.3, 0.4) is 0 Å². The third kappa shape index (κ3) is 4.60. The van der Waals surface area contributed by atoms with Gasteiger partial charge in [-0.05, 0) is 18.9 Å². The molecule has 1 aromatic heterocycles. The van der Waals surface area contributed by atoms with Gasteiger partial charge in [-0.25, -0.2) is 9.78 Å². The molecule has 0 saturated heterocycles. The largest absolute Gasteiger partial charge is 0.480 e. The number of nitrogens with zero attached hydrogens (tertiary/aromatic N) is 1. The van der Waals surface area contributed by atoms with Crippen LogP contribution in [0, 0.1) is 5.92 Å². The lowest BCUT2D eigenvalue weighted by molar-refractivity contribution is -0.140. The summed E-state index contributed by atoms with van der Waals surface area (Å²) in [6, 6.07) is 0.456. The third-order valence-electron chi connectivity index (χ3n) is 3.12. The fourth-order valence-corrected chi connectivity index (χ4v) is 1.92. The Hall–Kier alpha value is -1.82. The minimum Gasteiger partial charge on any atom is -0.480 e. The lowest BCUT2D eigenvalue weighted by Crippen LogP contribution is -2.45. The molecule has 1 rings (SSSR count). The van der Waals surface area contributed by atoms with E-state index >= 15 is 0 Å². The van der Waals surface area contributed by atoms with Crippen LogP contribution in [0.2, 0.25) is 5.02 Å². The van der Waals surface area contributed by atoms with Crippen molar-refractivity contribution < 1.29 is 19.4 Å². The van der Waals surface area contributed by atoms with Gasteiger partial charge in [-0.1, -0.05) is 31.9 Å². The van der Waals surface area contributed by atoms with Crippen molar-refractivity contribution in [2.75, 3.05) is 6.61 Å². The van der Waals surface area contributed by atoms with Crippen molar-refractivity contribution in [1.82, 2.24) is 10.3 Å². The van der Waals surface area contributed by atoms with Crippen LogP contribution in [0.25, 0.3) is 0 Å². The molecule has 0 fully saturated rings. The van der Waals surface area contributed by atoms with Gasteiger partial charge in [-0.3, -0.25) is 4.79 Å². The molecular formula is C14H19ClN2O4. The Bertz CT molecular complexity index is 522. The van der Waals surface area contributed by atoms with E-state index in [4.69, 9.17) is 21.4 Å². The van der Waals surface area contributed by atoms with Crippen LogP contribution < -0.4 is 10.1 Å². The topological polar surface area (TPSA) is 88.5 Å². The van der Waals surface area contributed by atoms with E-state index in [1.165, 1.54) is 12.3 Å². The molecule has 0 bridgehead atoms. The Morgan fingerprint density at radius 2 is 2.14 bits per heavy atom. The van der Waals surface area contributed by atoms with Crippen LogP contribution in [0.4, 0.5) is 0 Å². The van der Waals surface area contributed by atoms with Crippen LogP contribution in [0.15, 0.2) is 12.3 Å². The van der Waals surface area contributed by atoms with Crippen molar-refractivity contribution in [3.05, 3.63) is 22.8 Å². The van der Waals surface area contributed by atoms with E-state index in [2.05, 4.69) is 10.3 Å². The molecule has 2 unspecified atom stereocenters. The van der Waals surface area contributed by atoms with Crippen LogP contribution in [-0.2, 0) is 4.79 Å². The monoisotopic (exact) mass is 314 g/mol. The van der Waals surface area contributed by atoms with Gasteiger partial charge in [-0.15, -0.1) is 0 Å². The van der Waals surface area contributed by atoms with Gasteiger partial charge in [0.1, 0.15) is 11.1 Å². The molecule has 2 atom stereocenters. The number of rotatable bonds is 7. The maximum absolute atomic E-state index is 12.1. The average molecular weight is 315 g/mol. The molecule has 0 aliphatic heterocycles. The van der Waals surface area contributed by atoms with Crippen molar-refractivity contribution in [3.63, 3.8) is 0 Å². The third-order valence-corrected chi connectivity index (χ3v) is 3.39. The van der Waals surface area contributed by atoms with E-state index in [0.29, 0.717) is 13.0 Å². The summed E-state index contributed by atoms with van der Waals surface area (Å²) in [6.07, 6.45) is 1.95. The van der Waals surface area contributed by atoms with Crippen molar-refractivity contribution in [1.29, 1.82) is 0 Å². The van der Waals surface area contributed by atoms with Crippen molar-refractivity contribution in [2.45, 2.75) is 33.2 Å². The summed E-state index contributed by atoms with van der Waals surface area (Å²) in [4.78, 5) is 27.2. The fraction of sp³-hybridized carbons (Fsp3) is 0.500. The molecule has 1 heterocycles. The number of ether oxygens (including phenoxy) is 1. The van der Waals surface area contributed by atoms with E-state index in [9.17, 15) is 9.59 Å². The Kier molecular flexibility index (Phi) is 6.42. The number of aliphatic carboxylic acids is 1. The second kappa shape index (κ2) is 7.83. The summed E-state index contributed by atoms with van der Waals surface area (Å²) in [6.45, 7) is 5.83. The normalized spacial score (nSPS) is 13.3. The van der Waals surface area contributed by atoms with Crippen LogP contribution in [0.1, 0.15) is 37.6 Å². The Morgan fingerprint density at radius 1 is 1.48 bits per heavy atom. The number of pyridine rings is 1. The number of carbonyl (C=O) groups is 2. The van der Waals surface area contributed by atoms with Crippen LogP contribution in [0.5, 0.6) is 5.88 Å². The zero-order valence-electron chi connectivity index (χ0n) is 12.2. The average Bonchev–Trinajstić information content (AvgIpc) is 2.45. The van der Waals surface area contributed by atoms with E-state index < -0.39 is 17.9 Å². The van der Waals surface area contributed by atoms with Crippen LogP contribution in [-0.4, -0.2) is 34.6 Å². The summed E-state index contributed by atoms with van der Waals surface area (Å²) >= 11 is 5.96. The molecule has 2 N–H and O–H groups in total. The predicted octanol–water partition coefficient (Wildman–Crippen LogP) is 2.36. The molecule has 6 nitrogen and oxygen atoms in total. The molecule has 7 heteroatoms. The molecule has 1 amide bonds. The molecule has 0 spiro atoms. The summed E-state index contributed by atoms with van der Waals surface area (Å²) in [5.41, 5.74) is 0.193. The smallest absolute Gasteiger partial charge is 0.326 e. The van der Waals surface area contributed by atoms with Gasteiger partial charge in [0.15, 0.2) is 0 Å². The summed E-state index contributed by atoms with van der Waals surface area (Å²) < 4.78 is 5.18. The number of carboxylic acids is 1. The summed E-state index contributed by atoms with van der Waals surface area (Å²) in [5, 5.41) is 11.9. The van der Waals surface area contributed by atoms with Crippen molar-refractivity contribution >= 4 is 23.5 Å². The minimum atomic E-state index is -1.07. The summed E-state index contributed by atoms with van der Waals surface area (Å²) in [5.74, 6) is -1.53. The molecular weight excluding hydrogens is 296 g/mol. The van der Waals surface area contributed by atoms with Gasteiger partial charge in [0.05, 0.1) is 12.2 Å². The second-order valence-corrected chi connectivity index (χ2v) is 5.03. The first-order valence-corrected chi connectivity index (χ1v) is 7.10. The SMILES string of the molecule is CCOc1ncc(C(=O)NC(C(=O)O)C(C)CC)cc1Cl. The number of amides is 1. The van der Waals surface area contributed by atoms with E-state index in [1.807, 2.05) is 6.92 Å². The highest BCUT2D eigenvalue weighted by molar-refractivity contribution is 6.32. The maximum Gasteiger partial charge on any atom is 0.326 e. The first-order chi connectivity index (χ1) is 9.90. The van der Waals surface area contributed by atoms with Gasteiger partial charge in [0.2, 0.25) is 5.88 Å². The van der Waals surface area contributed by atoms with Crippen molar-refractivity contribution in [2.24, 2.45) is 5.92 Å². The van der Waals surface area contributed by atoms with Gasteiger partial charge in [0.25, 0.3) is 5.91 Å². The molecule has 0 aliphatic rings. The highest BCUT2D eigenvalue weighted by Crippen LogP contribution is 2.22. The maximum atomic E-state index is 12.1. The first-order valence-electron chi connectivity index (χ1n) is 6.72. The van der Waals surface area contributed by atoms with E-state index in [0.717, 1.165) is 0 Å². The number of hydrogen-bond donors (Lipinski definition) is 2. The molecule has 21 heavy (non-hydrogen) atoms. The highest BCUT2D eigenvalue weighted by atomic mass is 35.5. The van der Waals surface area contributed by atoms with Crippen molar-refractivity contribution in [3.8, 4) is 5.88 Å². The Morgan fingerprint density at radius 3 is 2.62 bits per heavy atom. The number of carboxylic acid groups (broad SMARTS) is 1. The first kappa shape index (κ1) is 17.2. The number of aromatic nitrogens is 1. The quantitative estimate of drug-likeness (QED) is 0.806. The Balaban J connectivity index is 2.88. The van der Waals surface area contributed by atoms with E-state index in [1.54, 1.807) is 13.8 Å². The lowest BCUT2D eigenvalue weighted by atomic mass is 9.99. The second-order valence-electron chi connectivity index (χ2n) is 4.62. The van der Waals surface area contributed by atoms with Gasteiger partial charge < -0.3 is 15.2 Å². The lowest BCUT2D eigenvalue weighted by Gasteiger charge is -2.20. The molecule has 116 valence electrons. The molecule has 0 aliphatic carbocycles. The van der Waals surface area contributed by atoms with Gasteiger partial charge >= 0.3 is 5.97 Å². The standard InChI is InChI=1S/C14H19ClN2O4/c1-4-8(3)11(14(19)20)17-12(18)9-6-10(15)13(16-7-9)21-5-2/h6-8,11H,4-5H2,1-3H3,(H,17,18)(H,19,20). The molecule has 1 aromatic rings. The minimum absolute atomic E-state index is 0.183. The highest BCUT2D eigenvalue weighted by Gasteiger charge is 2.26. The van der Waals surface area contributed by atoms with Crippen LogP contribution >= 0.6 is 11.6 Å². The van der Waals surface area contributed by atoms with Gasteiger partial charge in [0, 0.05) is 6.20 Å².